The lowest BCUT2D eigenvalue weighted by Crippen LogP contribution is -2.40. The predicted octanol–water partition coefficient (Wildman–Crippen LogP) is 3.32. The highest BCUT2D eigenvalue weighted by Gasteiger charge is 2.49. The van der Waals surface area contributed by atoms with E-state index < -0.39 is 5.97 Å². The van der Waals surface area contributed by atoms with Crippen molar-refractivity contribution in [2.75, 3.05) is 26.8 Å². The molecule has 0 aromatic heterocycles. The number of aromatic carboxylic acids is 1. The maximum Gasteiger partial charge on any atom is 0.335 e. The van der Waals surface area contributed by atoms with Gasteiger partial charge in [-0.3, -0.25) is 4.90 Å². The molecule has 2 aromatic carbocycles. The van der Waals surface area contributed by atoms with Gasteiger partial charge in [0.2, 0.25) is 0 Å². The van der Waals surface area contributed by atoms with Gasteiger partial charge in [0.1, 0.15) is 18.1 Å². The van der Waals surface area contributed by atoms with Crippen LogP contribution in [0.25, 0.3) is 0 Å². The van der Waals surface area contributed by atoms with E-state index in [1.54, 1.807) is 31.4 Å². The molecule has 5 nitrogen and oxygen atoms in total. The second kappa shape index (κ2) is 6.65. The summed E-state index contributed by atoms with van der Waals surface area (Å²) in [6, 6.07) is 13.1. The lowest BCUT2D eigenvalue weighted by Gasteiger charge is -2.35. The molecule has 1 aliphatic carbocycles. The summed E-state index contributed by atoms with van der Waals surface area (Å²) in [5.74, 6) is 0.604. The highest BCUT2D eigenvalue weighted by molar-refractivity contribution is 5.87. The summed E-state index contributed by atoms with van der Waals surface area (Å²) in [5, 5.41) is 9.06. The molecule has 0 radical (unpaired) electrons. The van der Waals surface area contributed by atoms with Crippen molar-refractivity contribution in [2.24, 2.45) is 0 Å². The Bertz CT molecular complexity index is 829. The van der Waals surface area contributed by atoms with Crippen molar-refractivity contribution in [1.29, 1.82) is 0 Å². The van der Waals surface area contributed by atoms with Crippen LogP contribution in [0, 0.1) is 0 Å². The molecular weight excluding hydrogens is 330 g/mol. The first-order valence-corrected chi connectivity index (χ1v) is 8.96. The number of rotatable bonds is 6. The molecule has 26 heavy (non-hydrogen) atoms. The predicted molar refractivity (Wildman–Crippen MR) is 98.1 cm³/mol. The Labute approximate surface area is 153 Å². The average Bonchev–Trinajstić information content (AvgIpc) is 3.41. The van der Waals surface area contributed by atoms with Gasteiger partial charge in [0.15, 0.2) is 0 Å². The highest BCUT2D eigenvalue weighted by Crippen LogP contribution is 2.53. The second-order valence-electron chi connectivity index (χ2n) is 7.20. The van der Waals surface area contributed by atoms with Gasteiger partial charge in [-0.2, -0.15) is 0 Å². The Morgan fingerprint density at radius 1 is 1.19 bits per heavy atom. The number of fused-ring (bicyclic) bond motifs is 2. The first kappa shape index (κ1) is 16.9. The van der Waals surface area contributed by atoms with E-state index in [0.717, 1.165) is 25.4 Å². The van der Waals surface area contributed by atoms with Crippen LogP contribution in [0.5, 0.6) is 11.5 Å². The zero-order valence-electron chi connectivity index (χ0n) is 14.9. The Balaban J connectivity index is 1.39. The number of benzene rings is 2. The molecule has 0 saturated heterocycles. The van der Waals surface area contributed by atoms with Crippen LogP contribution in [-0.2, 0) is 12.0 Å². The quantitative estimate of drug-likeness (QED) is 0.863. The highest BCUT2D eigenvalue weighted by atomic mass is 16.5. The number of carboxylic acid groups (broad SMARTS) is 1. The fourth-order valence-corrected chi connectivity index (χ4v) is 3.87. The number of hydrogen-bond donors (Lipinski definition) is 1. The van der Waals surface area contributed by atoms with Gasteiger partial charge in [0, 0.05) is 25.0 Å². The molecule has 0 atom stereocenters. The van der Waals surface area contributed by atoms with E-state index in [0.29, 0.717) is 12.4 Å². The van der Waals surface area contributed by atoms with Crippen LogP contribution in [0.4, 0.5) is 0 Å². The summed E-state index contributed by atoms with van der Waals surface area (Å²) < 4.78 is 11.2. The SMILES string of the molecule is COc1ccc2c(c1)C1(CC1)CN(CCOc1cccc(C(=O)O)c1)C2. The van der Waals surface area contributed by atoms with Gasteiger partial charge in [-0.1, -0.05) is 12.1 Å². The van der Waals surface area contributed by atoms with E-state index in [4.69, 9.17) is 14.6 Å². The van der Waals surface area contributed by atoms with Crippen molar-refractivity contribution in [3.05, 3.63) is 59.2 Å². The van der Waals surface area contributed by atoms with Crippen molar-refractivity contribution in [3.8, 4) is 11.5 Å². The number of carbonyl (C=O) groups is 1. The Hall–Kier alpha value is -2.53. The van der Waals surface area contributed by atoms with Crippen LogP contribution in [0.1, 0.15) is 34.3 Å². The molecule has 0 bridgehead atoms. The maximum absolute atomic E-state index is 11.0. The van der Waals surface area contributed by atoms with Gasteiger partial charge in [0.25, 0.3) is 0 Å². The van der Waals surface area contributed by atoms with Gasteiger partial charge in [0.05, 0.1) is 12.7 Å². The number of carboxylic acids is 1. The summed E-state index contributed by atoms with van der Waals surface area (Å²) in [6.07, 6.45) is 2.45. The van der Waals surface area contributed by atoms with Crippen LogP contribution in [-0.4, -0.2) is 42.8 Å². The molecule has 0 amide bonds. The first-order chi connectivity index (χ1) is 12.6. The van der Waals surface area contributed by atoms with E-state index in [2.05, 4.69) is 17.0 Å². The molecule has 1 aliphatic heterocycles. The number of nitrogens with zero attached hydrogens (tertiary/aromatic N) is 1. The molecule has 2 aromatic rings. The van der Waals surface area contributed by atoms with E-state index >= 15 is 0 Å². The molecule has 2 aliphatic rings. The van der Waals surface area contributed by atoms with E-state index in [1.165, 1.54) is 24.0 Å². The summed E-state index contributed by atoms with van der Waals surface area (Å²) in [5.41, 5.74) is 3.36. The van der Waals surface area contributed by atoms with Crippen LogP contribution in [0.3, 0.4) is 0 Å². The number of methoxy groups -OCH3 is 1. The fraction of sp³-hybridized carbons (Fsp3) is 0.381. The van der Waals surface area contributed by atoms with E-state index in [-0.39, 0.29) is 11.0 Å². The topological polar surface area (TPSA) is 59.0 Å². The standard InChI is InChI=1S/C21H23NO4/c1-25-17-6-5-16-13-22(14-21(7-8-21)19(16)12-17)9-10-26-18-4-2-3-15(11-18)20(23)24/h2-6,11-12H,7-10,13-14H2,1H3,(H,23,24). The van der Waals surface area contributed by atoms with Crippen LogP contribution >= 0.6 is 0 Å². The second-order valence-corrected chi connectivity index (χ2v) is 7.20. The number of hydrogen-bond acceptors (Lipinski definition) is 4. The average molecular weight is 353 g/mol. The maximum atomic E-state index is 11.0. The minimum atomic E-state index is -0.936. The lowest BCUT2D eigenvalue weighted by atomic mass is 9.87. The monoisotopic (exact) mass is 353 g/mol. The molecule has 4 rings (SSSR count). The van der Waals surface area contributed by atoms with Crippen molar-refractivity contribution in [3.63, 3.8) is 0 Å². The molecule has 1 heterocycles. The Morgan fingerprint density at radius 2 is 2.04 bits per heavy atom. The van der Waals surface area contributed by atoms with Gasteiger partial charge in [-0.15, -0.1) is 0 Å². The third-order valence-corrected chi connectivity index (χ3v) is 5.42. The normalized spacial score (nSPS) is 17.6. The first-order valence-electron chi connectivity index (χ1n) is 8.96. The molecule has 1 fully saturated rings. The minimum Gasteiger partial charge on any atom is -0.497 e. The van der Waals surface area contributed by atoms with Crippen molar-refractivity contribution in [2.45, 2.75) is 24.8 Å². The smallest absolute Gasteiger partial charge is 0.335 e. The van der Waals surface area contributed by atoms with Crippen LogP contribution < -0.4 is 9.47 Å². The molecule has 5 heteroatoms. The summed E-state index contributed by atoms with van der Waals surface area (Å²) in [7, 11) is 1.72. The largest absolute Gasteiger partial charge is 0.497 e. The zero-order valence-corrected chi connectivity index (χ0v) is 14.9. The van der Waals surface area contributed by atoms with E-state index in [1.807, 2.05) is 6.07 Å². The molecule has 136 valence electrons. The van der Waals surface area contributed by atoms with E-state index in [9.17, 15) is 4.79 Å². The van der Waals surface area contributed by atoms with Crippen molar-refractivity contribution < 1.29 is 19.4 Å². The summed E-state index contributed by atoms with van der Waals surface area (Å²) in [6.45, 7) is 3.33. The Morgan fingerprint density at radius 3 is 2.77 bits per heavy atom. The van der Waals surface area contributed by atoms with Crippen LogP contribution in [0.2, 0.25) is 0 Å². The molecule has 0 unspecified atom stereocenters. The fourth-order valence-electron chi connectivity index (χ4n) is 3.87. The van der Waals surface area contributed by atoms with Gasteiger partial charge in [-0.25, -0.2) is 4.79 Å². The Kier molecular flexibility index (Phi) is 4.32. The third kappa shape index (κ3) is 3.27. The van der Waals surface area contributed by atoms with Crippen molar-refractivity contribution >= 4 is 5.97 Å². The van der Waals surface area contributed by atoms with Crippen molar-refractivity contribution in [1.82, 2.24) is 4.90 Å². The van der Waals surface area contributed by atoms with Gasteiger partial charge in [-0.05, 0) is 54.3 Å². The molecular formula is C21H23NO4. The number of ether oxygens (including phenoxy) is 2. The summed E-state index contributed by atoms with van der Waals surface area (Å²) in [4.78, 5) is 13.5. The zero-order chi connectivity index (χ0) is 18.1. The third-order valence-electron chi connectivity index (χ3n) is 5.42. The lowest BCUT2D eigenvalue weighted by molar-refractivity contribution is 0.0696. The molecule has 1 saturated carbocycles. The summed E-state index contributed by atoms with van der Waals surface area (Å²) >= 11 is 0. The van der Waals surface area contributed by atoms with Crippen LogP contribution in [0.15, 0.2) is 42.5 Å². The molecule has 1 N–H and O–H groups in total. The molecule has 1 spiro atoms. The van der Waals surface area contributed by atoms with Gasteiger partial charge >= 0.3 is 5.97 Å². The minimum absolute atomic E-state index is 0.250. The van der Waals surface area contributed by atoms with Gasteiger partial charge < -0.3 is 14.6 Å².